The van der Waals surface area contributed by atoms with Crippen LogP contribution in [0.5, 0.6) is 0 Å². The first-order valence-corrected chi connectivity index (χ1v) is 7.62. The van der Waals surface area contributed by atoms with Crippen LogP contribution in [0.15, 0.2) is 53.2 Å². The number of anilines is 1. The number of amides is 2. The number of carbonyl (C=O) groups excluding carboxylic acids is 1. The zero-order valence-electron chi connectivity index (χ0n) is 12.6. The maximum atomic E-state index is 11.8. The van der Waals surface area contributed by atoms with E-state index in [0.29, 0.717) is 35.5 Å². The minimum absolute atomic E-state index is 0.314. The van der Waals surface area contributed by atoms with E-state index in [4.69, 9.17) is 16.0 Å². The van der Waals surface area contributed by atoms with Crippen molar-refractivity contribution in [2.24, 2.45) is 0 Å². The van der Waals surface area contributed by atoms with Crippen molar-refractivity contribution in [3.8, 4) is 11.5 Å². The summed E-state index contributed by atoms with van der Waals surface area (Å²) in [7, 11) is 0. The predicted octanol–water partition coefficient (Wildman–Crippen LogP) is 3.15. The molecule has 3 rings (SSSR count). The summed E-state index contributed by atoms with van der Waals surface area (Å²) in [5, 5.41) is 14.0. The number of benzene rings is 1. The number of nitrogens with zero attached hydrogens (tertiary/aromatic N) is 3. The third-order valence-electron chi connectivity index (χ3n) is 3.12. The molecule has 2 amide bonds. The number of halogens is 1. The lowest BCUT2D eigenvalue weighted by atomic mass is 10.3. The average molecular weight is 344 g/mol. The van der Waals surface area contributed by atoms with E-state index in [-0.39, 0.29) is 6.03 Å². The summed E-state index contributed by atoms with van der Waals surface area (Å²) in [5.74, 6) is 0.881. The van der Waals surface area contributed by atoms with Gasteiger partial charge < -0.3 is 15.1 Å². The van der Waals surface area contributed by atoms with E-state index in [2.05, 4.69) is 25.8 Å². The van der Waals surface area contributed by atoms with Gasteiger partial charge in [0.15, 0.2) is 0 Å². The van der Waals surface area contributed by atoms with Crippen molar-refractivity contribution < 1.29 is 9.21 Å². The molecular weight excluding hydrogens is 330 g/mol. The highest BCUT2D eigenvalue weighted by molar-refractivity contribution is 6.30. The molecule has 1 aromatic carbocycles. The second-order valence-electron chi connectivity index (χ2n) is 4.87. The molecule has 8 heteroatoms. The Kier molecular flexibility index (Phi) is 5.02. The summed E-state index contributed by atoms with van der Waals surface area (Å²) in [6.45, 7) is 0.372. The molecule has 2 aromatic heterocycles. The Morgan fingerprint density at radius 3 is 2.58 bits per heavy atom. The molecule has 0 spiro atoms. The quantitative estimate of drug-likeness (QED) is 0.742. The molecule has 24 heavy (non-hydrogen) atoms. The highest BCUT2D eigenvalue weighted by Crippen LogP contribution is 2.16. The largest absolute Gasteiger partial charge is 0.421 e. The van der Waals surface area contributed by atoms with E-state index >= 15 is 0 Å². The van der Waals surface area contributed by atoms with Gasteiger partial charge in [-0.1, -0.05) is 11.6 Å². The standard InChI is InChI=1S/C16H14ClN5O2/c17-12-1-3-13(4-2-12)20-16(23)19-10-7-14-21-22-15(24-14)11-5-8-18-9-6-11/h1-6,8-9H,7,10H2,(H2,19,20,23). The van der Waals surface area contributed by atoms with E-state index in [0.717, 1.165) is 5.56 Å². The Hall–Kier alpha value is -2.93. The van der Waals surface area contributed by atoms with Crippen molar-refractivity contribution in [3.63, 3.8) is 0 Å². The molecule has 0 fully saturated rings. The first-order chi connectivity index (χ1) is 11.7. The second kappa shape index (κ2) is 7.56. The first-order valence-electron chi connectivity index (χ1n) is 7.24. The normalized spacial score (nSPS) is 10.4. The summed E-state index contributed by atoms with van der Waals surface area (Å²) in [4.78, 5) is 15.7. The molecule has 122 valence electrons. The molecule has 0 saturated carbocycles. The highest BCUT2D eigenvalue weighted by Gasteiger charge is 2.08. The van der Waals surface area contributed by atoms with Crippen LogP contribution in [0.1, 0.15) is 5.89 Å². The minimum Gasteiger partial charge on any atom is -0.421 e. The smallest absolute Gasteiger partial charge is 0.319 e. The molecule has 2 N–H and O–H groups in total. The predicted molar refractivity (Wildman–Crippen MR) is 89.7 cm³/mol. The van der Waals surface area contributed by atoms with Crippen molar-refractivity contribution >= 4 is 23.3 Å². The zero-order valence-corrected chi connectivity index (χ0v) is 13.3. The van der Waals surface area contributed by atoms with Crippen LogP contribution in [-0.2, 0) is 6.42 Å². The van der Waals surface area contributed by atoms with E-state index in [9.17, 15) is 4.79 Å². The lowest BCUT2D eigenvalue weighted by Crippen LogP contribution is -2.30. The van der Waals surface area contributed by atoms with Crippen LogP contribution in [0.4, 0.5) is 10.5 Å². The monoisotopic (exact) mass is 343 g/mol. The van der Waals surface area contributed by atoms with Gasteiger partial charge in [0, 0.05) is 41.6 Å². The molecule has 0 bridgehead atoms. The fourth-order valence-electron chi connectivity index (χ4n) is 1.96. The molecule has 0 aliphatic heterocycles. The van der Waals surface area contributed by atoms with Crippen LogP contribution in [0.3, 0.4) is 0 Å². The maximum absolute atomic E-state index is 11.8. The van der Waals surface area contributed by atoms with Crippen LogP contribution in [0.25, 0.3) is 11.5 Å². The number of hydrogen-bond donors (Lipinski definition) is 2. The number of carbonyl (C=O) groups is 1. The fraction of sp³-hybridized carbons (Fsp3) is 0.125. The highest BCUT2D eigenvalue weighted by atomic mass is 35.5. The van der Waals surface area contributed by atoms with Gasteiger partial charge in [-0.3, -0.25) is 4.98 Å². The van der Waals surface area contributed by atoms with Crippen molar-refractivity contribution in [1.29, 1.82) is 0 Å². The molecule has 0 radical (unpaired) electrons. The topological polar surface area (TPSA) is 92.9 Å². The molecule has 0 unspecified atom stereocenters. The first kappa shape index (κ1) is 15.9. The number of hydrogen-bond acceptors (Lipinski definition) is 5. The summed E-state index contributed by atoms with van der Waals surface area (Å²) < 4.78 is 5.55. The molecule has 3 aromatic rings. The van der Waals surface area contributed by atoms with Crippen LogP contribution in [-0.4, -0.2) is 27.8 Å². The number of aromatic nitrogens is 3. The molecule has 7 nitrogen and oxygen atoms in total. The lowest BCUT2D eigenvalue weighted by Gasteiger charge is -2.06. The van der Waals surface area contributed by atoms with Gasteiger partial charge in [-0.25, -0.2) is 4.79 Å². The Morgan fingerprint density at radius 2 is 1.83 bits per heavy atom. The molecule has 0 aliphatic rings. The van der Waals surface area contributed by atoms with Crippen molar-refractivity contribution in [1.82, 2.24) is 20.5 Å². The third kappa shape index (κ3) is 4.30. The molecule has 0 atom stereocenters. The Bertz CT molecular complexity index is 805. The van der Waals surface area contributed by atoms with Gasteiger partial charge in [0.05, 0.1) is 0 Å². The third-order valence-corrected chi connectivity index (χ3v) is 3.37. The van der Waals surface area contributed by atoms with E-state index in [1.165, 1.54) is 0 Å². The minimum atomic E-state index is -0.314. The molecular formula is C16H14ClN5O2. The van der Waals surface area contributed by atoms with Gasteiger partial charge in [-0.15, -0.1) is 10.2 Å². The van der Waals surface area contributed by atoms with Gasteiger partial charge >= 0.3 is 6.03 Å². The summed E-state index contributed by atoms with van der Waals surface area (Å²) in [6.07, 6.45) is 3.75. The number of urea groups is 1. The number of nitrogens with one attached hydrogen (secondary N) is 2. The van der Waals surface area contributed by atoms with E-state index in [1.807, 2.05) is 0 Å². The Labute approximate surface area is 143 Å². The summed E-state index contributed by atoms with van der Waals surface area (Å²) in [5.41, 5.74) is 1.46. The van der Waals surface area contributed by atoms with Crippen molar-refractivity contribution in [3.05, 3.63) is 59.7 Å². The lowest BCUT2D eigenvalue weighted by molar-refractivity contribution is 0.252. The molecule has 0 aliphatic carbocycles. The van der Waals surface area contributed by atoms with Crippen LogP contribution in [0.2, 0.25) is 5.02 Å². The van der Waals surface area contributed by atoms with Crippen molar-refractivity contribution in [2.75, 3.05) is 11.9 Å². The summed E-state index contributed by atoms with van der Waals surface area (Å²) in [6, 6.07) is 10.1. The molecule has 0 saturated heterocycles. The number of pyridine rings is 1. The van der Waals surface area contributed by atoms with Crippen molar-refractivity contribution in [2.45, 2.75) is 6.42 Å². The maximum Gasteiger partial charge on any atom is 0.319 e. The Morgan fingerprint density at radius 1 is 1.08 bits per heavy atom. The van der Waals surface area contributed by atoms with Gasteiger partial charge in [0.25, 0.3) is 0 Å². The Balaban J connectivity index is 1.47. The SMILES string of the molecule is O=C(NCCc1nnc(-c2ccncc2)o1)Nc1ccc(Cl)cc1. The second-order valence-corrected chi connectivity index (χ2v) is 5.31. The molecule has 2 heterocycles. The van der Waals surface area contributed by atoms with Crippen LogP contribution in [0, 0.1) is 0 Å². The van der Waals surface area contributed by atoms with E-state index < -0.39 is 0 Å². The van der Waals surface area contributed by atoms with E-state index in [1.54, 1.807) is 48.8 Å². The zero-order chi connectivity index (χ0) is 16.8. The van der Waals surface area contributed by atoms with Crippen LogP contribution < -0.4 is 10.6 Å². The van der Waals surface area contributed by atoms with Gasteiger partial charge in [0.1, 0.15) is 0 Å². The van der Waals surface area contributed by atoms with Gasteiger partial charge in [-0.05, 0) is 36.4 Å². The summed E-state index contributed by atoms with van der Waals surface area (Å²) >= 11 is 5.79. The van der Waals surface area contributed by atoms with Gasteiger partial charge in [-0.2, -0.15) is 0 Å². The van der Waals surface area contributed by atoms with Gasteiger partial charge in [0.2, 0.25) is 11.8 Å². The average Bonchev–Trinajstić information content (AvgIpc) is 3.07. The number of rotatable bonds is 5. The fourth-order valence-corrected chi connectivity index (χ4v) is 2.08. The van der Waals surface area contributed by atoms with Crippen LogP contribution >= 0.6 is 11.6 Å².